The maximum absolute atomic E-state index is 7.14. The average molecular weight is 1450 g/mol. The van der Waals surface area contributed by atoms with Crippen LogP contribution >= 0.6 is 0 Å². The van der Waals surface area contributed by atoms with Crippen molar-refractivity contribution in [2.45, 2.75) is 209 Å². The topological polar surface area (TPSA) is 183 Å². The number of rotatable bonds is 12. The van der Waals surface area contributed by atoms with E-state index in [0.717, 1.165) is 112 Å². The molecule has 108 heavy (non-hydrogen) atoms. The number of nitrogens with one attached hydrogen (secondary N) is 2. The molecule has 0 radical (unpaired) electrons. The number of H-pyrrole nitrogens is 2. The summed E-state index contributed by atoms with van der Waals surface area (Å²) in [4.78, 5) is 40.5. The van der Waals surface area contributed by atoms with Crippen molar-refractivity contribution >= 4 is 44.1 Å². The van der Waals surface area contributed by atoms with Gasteiger partial charge < -0.3 is 47.9 Å². The number of fused-ring (bicyclic) bond motifs is 20. The van der Waals surface area contributed by atoms with Gasteiger partial charge in [-0.15, -0.1) is 0 Å². The maximum atomic E-state index is 7.14. The van der Waals surface area contributed by atoms with Gasteiger partial charge in [0.2, 0.25) is 0 Å². The molecule has 0 fully saturated rings. The van der Waals surface area contributed by atoms with Crippen LogP contribution in [-0.4, -0.2) is 68.3 Å². The lowest BCUT2D eigenvalue weighted by Gasteiger charge is -2.28. The van der Waals surface area contributed by atoms with E-state index in [4.69, 9.17) is 67.8 Å². The largest absolute Gasteiger partial charge is 0.496 e. The minimum atomic E-state index is -0.317. The molecule has 2 N–H and O–H groups in total. The van der Waals surface area contributed by atoms with Crippen molar-refractivity contribution in [1.29, 1.82) is 0 Å². The summed E-state index contributed by atoms with van der Waals surface area (Å²) in [6, 6.07) is 41.0. The smallest absolute Gasteiger partial charge is 0.164 e. The number of aromatic amines is 2. The predicted octanol–water partition coefficient (Wildman–Crippen LogP) is 24.5. The first-order valence-electron chi connectivity index (χ1n) is 37.3. The molecular weight excluding hydrogens is 1350 g/mol. The van der Waals surface area contributed by atoms with E-state index in [0.29, 0.717) is 91.5 Å². The summed E-state index contributed by atoms with van der Waals surface area (Å²) < 4.78 is 52.8. The summed E-state index contributed by atoms with van der Waals surface area (Å²) in [5.41, 5.74) is 10.5. The molecule has 3 aromatic heterocycles. The quantitative estimate of drug-likeness (QED) is 0.118. The molecule has 0 atom stereocenters. The fourth-order valence-corrected chi connectivity index (χ4v) is 14.4. The summed E-state index contributed by atoms with van der Waals surface area (Å²) in [7, 11) is 6.90. The van der Waals surface area contributed by atoms with Gasteiger partial charge in [0.05, 0.1) is 28.4 Å². The van der Waals surface area contributed by atoms with E-state index in [-0.39, 0.29) is 43.3 Å². The molecule has 8 aromatic carbocycles. The molecule has 5 heterocycles. The van der Waals surface area contributed by atoms with Gasteiger partial charge in [-0.05, 0) is 165 Å². The Labute approximate surface area is 636 Å². The van der Waals surface area contributed by atoms with E-state index in [2.05, 4.69) is 225 Å². The van der Waals surface area contributed by atoms with Gasteiger partial charge in [-0.2, -0.15) is 0 Å². The van der Waals surface area contributed by atoms with E-state index >= 15 is 0 Å². The number of hydrogen-bond acceptors (Lipinski definition) is 14. The number of methoxy groups -OCH3 is 4. The number of hydrogen-bond donors (Lipinski definition) is 2. The summed E-state index contributed by atoms with van der Waals surface area (Å²) in [6.45, 7) is 52.4. The number of benzene rings is 8. The molecule has 16 heteroatoms. The second-order valence-corrected chi connectivity index (χ2v) is 37.0. The first-order chi connectivity index (χ1) is 50.3. The van der Waals surface area contributed by atoms with Crippen molar-refractivity contribution in [2.24, 2.45) is 0 Å². The lowest BCUT2D eigenvalue weighted by molar-refractivity contribution is 0.389. The average Bonchev–Trinajstić information content (AvgIpc) is 1.39. The Kier molecular flexibility index (Phi) is 18.7. The first kappa shape index (κ1) is 75.7. The van der Waals surface area contributed by atoms with Crippen molar-refractivity contribution in [3.05, 3.63) is 166 Å². The number of aromatic nitrogens is 8. The van der Waals surface area contributed by atoms with Gasteiger partial charge in [-0.3, -0.25) is 0 Å². The van der Waals surface area contributed by atoms with Gasteiger partial charge in [0.1, 0.15) is 91.6 Å². The minimum Gasteiger partial charge on any atom is -0.496 e. The third-order valence-electron chi connectivity index (χ3n) is 20.3. The van der Waals surface area contributed by atoms with Crippen LogP contribution in [0.3, 0.4) is 0 Å². The molecule has 0 saturated heterocycles. The molecule has 13 rings (SSSR count). The van der Waals surface area contributed by atoms with E-state index in [1.165, 1.54) is 0 Å². The normalized spacial score (nSPS) is 13.0. The fourth-order valence-electron chi connectivity index (χ4n) is 14.4. The van der Waals surface area contributed by atoms with Crippen LogP contribution in [0.1, 0.15) is 211 Å². The van der Waals surface area contributed by atoms with Crippen LogP contribution in [0.25, 0.3) is 89.7 Å². The molecule has 0 spiro atoms. The van der Waals surface area contributed by atoms with E-state index in [9.17, 15) is 0 Å². The van der Waals surface area contributed by atoms with Crippen molar-refractivity contribution in [1.82, 2.24) is 39.9 Å². The minimum absolute atomic E-state index is 0.263. The van der Waals surface area contributed by atoms with Gasteiger partial charge in [0.25, 0.3) is 0 Å². The van der Waals surface area contributed by atoms with Crippen LogP contribution in [0, 0.1) is 0 Å². The Hall–Kier alpha value is -10.5. The van der Waals surface area contributed by atoms with Crippen LogP contribution in [0.5, 0.6) is 69.0 Å². The summed E-state index contributed by atoms with van der Waals surface area (Å²) >= 11 is 0. The van der Waals surface area contributed by atoms with Crippen molar-refractivity contribution in [3.63, 3.8) is 0 Å². The first-order valence-corrected chi connectivity index (χ1v) is 37.3. The second-order valence-electron chi connectivity index (χ2n) is 37.0. The van der Waals surface area contributed by atoms with Gasteiger partial charge in [-0.25, -0.2) is 29.9 Å². The highest BCUT2D eigenvalue weighted by Crippen LogP contribution is 2.51. The molecule has 0 saturated carbocycles. The third kappa shape index (κ3) is 14.6. The van der Waals surface area contributed by atoms with Crippen LogP contribution in [-0.2, 0) is 43.3 Å². The third-order valence-corrected chi connectivity index (χ3v) is 20.3. The molecule has 562 valence electrons. The van der Waals surface area contributed by atoms with Gasteiger partial charge >= 0.3 is 0 Å². The van der Waals surface area contributed by atoms with Crippen LogP contribution in [0.4, 0.5) is 0 Å². The van der Waals surface area contributed by atoms with Crippen LogP contribution in [0.15, 0.2) is 121 Å². The Balaban J connectivity index is 1.10. The Bertz CT molecular complexity index is 5260. The lowest BCUT2D eigenvalue weighted by Crippen LogP contribution is -2.17. The van der Waals surface area contributed by atoms with Crippen molar-refractivity contribution in [3.8, 4) is 115 Å². The molecule has 16 nitrogen and oxygen atoms in total. The molecule has 0 unspecified atom stereocenters. The standard InChI is InChI=1S/C92H106N8O8/c1-85(2,3)61-45-73(65(89(13,14)15)41-69(61)101-25)105-49-29-33-53-57(37-49)81-93-77(53)98-82-59-39-51(107-75-47-63(87(7,8)9)71(103-27)43-67(75)91(19,20)21)31-35-55(59)79(95-82)100-84-60-40-52(108-76-48-64(88(10,11)12)72(104-28)44-68(76)92(22,23)24)32-36-56(60)80(96-84)99-83-58-38-50(30-34-54(58)78(94-83)97-81)106-74-46-62(86(4,5)6)70(102-26)42-66(74)90(16,17)18/h29-48H,1-28H3,(H2,93,94,95,96,97,98,99,100). The molecule has 2 aliphatic heterocycles. The number of ether oxygens (including phenoxy) is 8. The zero-order valence-electron chi connectivity index (χ0n) is 68.5. The predicted molar refractivity (Wildman–Crippen MR) is 438 cm³/mol. The molecule has 0 aliphatic carbocycles. The SMILES string of the molecule is COc1cc(C(C)(C)C)c(Oc2ccc3c(c2)-c2nc-3nc3[nH]c(nc4nc(nc5[nH]c(n2)c2ccc(Oc6cc(C(C)(C)C)c(OC)cc6C(C)(C)C)cc52)-c2ccc(Oc5cc(C(C)(C)C)c(OC)cc5C(C)(C)C)cc2-4)c2ccc(Oc4cc(C(C)(C)C)c(OC)cc4C(C)(C)C)cc32)cc1C(C)(C)C. The van der Waals surface area contributed by atoms with Crippen LogP contribution in [0.2, 0.25) is 0 Å². The highest BCUT2D eigenvalue weighted by atomic mass is 16.5. The Morgan fingerprint density at radius 3 is 0.657 bits per heavy atom. The van der Waals surface area contributed by atoms with Gasteiger partial charge in [-0.1, -0.05) is 166 Å². The highest BCUT2D eigenvalue weighted by molar-refractivity contribution is 6.07. The Morgan fingerprint density at radius 2 is 0.417 bits per heavy atom. The Morgan fingerprint density at radius 1 is 0.213 bits per heavy atom. The van der Waals surface area contributed by atoms with E-state index in [1.54, 1.807) is 28.4 Å². The molecule has 0 amide bonds. The summed E-state index contributed by atoms with van der Waals surface area (Å²) in [5, 5.41) is 2.96. The van der Waals surface area contributed by atoms with Crippen molar-refractivity contribution in [2.75, 3.05) is 28.4 Å². The fraction of sp³-hybridized carbons (Fsp3) is 0.391. The zero-order chi connectivity index (χ0) is 78.2. The van der Waals surface area contributed by atoms with Crippen LogP contribution < -0.4 is 37.9 Å². The monoisotopic (exact) mass is 1450 g/mol. The van der Waals surface area contributed by atoms with E-state index in [1.807, 2.05) is 72.8 Å². The summed E-state index contributed by atoms with van der Waals surface area (Å²) in [6.07, 6.45) is 0. The second kappa shape index (κ2) is 26.7. The number of nitrogens with zero attached hydrogens (tertiary/aromatic N) is 6. The summed E-state index contributed by atoms with van der Waals surface area (Å²) in [5.74, 6) is 10.0. The van der Waals surface area contributed by atoms with Gasteiger partial charge in [0.15, 0.2) is 23.3 Å². The molecular formula is C92H106N8O8. The van der Waals surface area contributed by atoms with E-state index < -0.39 is 0 Å². The maximum Gasteiger partial charge on any atom is 0.164 e. The zero-order valence-corrected chi connectivity index (χ0v) is 68.5. The molecule has 2 aliphatic rings. The highest BCUT2D eigenvalue weighted by Gasteiger charge is 2.34. The molecule has 11 aromatic rings. The van der Waals surface area contributed by atoms with Gasteiger partial charge in [0, 0.05) is 88.3 Å². The lowest BCUT2D eigenvalue weighted by atomic mass is 9.81. The molecule has 8 bridgehead atoms. The van der Waals surface area contributed by atoms with Crippen molar-refractivity contribution < 1.29 is 37.9 Å².